The Hall–Kier alpha value is -8.05. The van der Waals surface area contributed by atoms with E-state index in [2.05, 4.69) is 35.2 Å². The molecule has 364 valence electrons. The zero-order valence-corrected chi connectivity index (χ0v) is 40.4. The molecule has 6 heterocycles. The molecular formula is C47H42Cl2N12O9S. The number of hydrogen-bond acceptors (Lipinski definition) is 15. The maximum Gasteiger partial charge on any atom is 0.437 e. The van der Waals surface area contributed by atoms with Gasteiger partial charge in [0.2, 0.25) is 11.8 Å². The molecule has 0 unspecified atom stereocenters. The molecule has 0 radical (unpaired) electrons. The number of H-pyrrole nitrogens is 1. The van der Waals surface area contributed by atoms with Gasteiger partial charge in [-0.25, -0.2) is 34.6 Å². The van der Waals surface area contributed by atoms with Crippen LogP contribution in [0.5, 0.6) is 0 Å². The number of halogens is 2. The molecule has 24 heteroatoms. The molecule has 1 N–H and O–H groups in total. The monoisotopic (exact) mass is 1020 g/mol. The number of imidazole rings is 2. The van der Waals surface area contributed by atoms with Gasteiger partial charge in [-0.3, -0.25) is 22.9 Å². The molecule has 0 spiro atoms. The standard InChI is InChI=1S/C23H19ClN6O3.C15H15ClO3S.C9H8N6O3/c1-28-13-25-21-20(28)22(31)29(14-26-21)12-19-27-30(23(32)33-19)10-9-15-7-8-18(24)17(11-15)16-5-3-2-4-6-16;1-20(17,18)19-10-9-12-7-8-15(16)14(11-12)13-5-3-2-4-6-13;1-14-3-10-7-6(14)8(16)15(4-11-7)2-5-12-13-9(17)18-5/h2-8,11,13-14H,9-10,12H2,1H3;2-8,11H,9-10H2,1H3;3-4H,2H2,1H3,(H,13,17). The minimum atomic E-state index is -3.39. The van der Waals surface area contributed by atoms with Gasteiger partial charge in [0.25, 0.3) is 21.2 Å². The van der Waals surface area contributed by atoms with E-state index in [1.807, 2.05) is 97.1 Å². The highest BCUT2D eigenvalue weighted by atomic mass is 35.5. The van der Waals surface area contributed by atoms with Crippen molar-refractivity contribution in [3.8, 4) is 22.3 Å². The number of fused-ring (bicyclic) bond motifs is 2. The minimum Gasteiger partial charge on any atom is -0.390 e. The highest BCUT2D eigenvalue weighted by molar-refractivity contribution is 7.85. The lowest BCUT2D eigenvalue weighted by atomic mass is 10.0. The van der Waals surface area contributed by atoms with Crippen LogP contribution in [0.25, 0.3) is 44.6 Å². The van der Waals surface area contributed by atoms with Gasteiger partial charge >= 0.3 is 11.5 Å². The third kappa shape index (κ3) is 12.2. The Morgan fingerprint density at radius 1 is 0.634 bits per heavy atom. The molecule has 10 rings (SSSR count). The third-order valence-electron chi connectivity index (χ3n) is 10.7. The Balaban J connectivity index is 0.000000153. The summed E-state index contributed by atoms with van der Waals surface area (Å²) in [6.07, 6.45) is 7.87. The van der Waals surface area contributed by atoms with E-state index in [1.165, 1.54) is 39.1 Å². The van der Waals surface area contributed by atoms with Crippen LogP contribution in [0.1, 0.15) is 22.9 Å². The van der Waals surface area contributed by atoms with Gasteiger partial charge in [0.05, 0.1) is 32.1 Å². The average Bonchev–Trinajstić information content (AvgIpc) is 4.15. The number of hydrogen-bond donors (Lipinski definition) is 1. The van der Waals surface area contributed by atoms with Crippen molar-refractivity contribution in [2.75, 3.05) is 12.9 Å². The number of nitrogens with zero attached hydrogens (tertiary/aromatic N) is 11. The van der Waals surface area contributed by atoms with Gasteiger partial charge in [0.15, 0.2) is 22.3 Å². The van der Waals surface area contributed by atoms with E-state index in [1.54, 1.807) is 23.2 Å². The molecule has 10 aromatic rings. The van der Waals surface area contributed by atoms with Crippen LogP contribution in [0.2, 0.25) is 10.0 Å². The fourth-order valence-electron chi connectivity index (χ4n) is 7.22. The summed E-state index contributed by atoms with van der Waals surface area (Å²) in [5.74, 6) is -0.991. The van der Waals surface area contributed by atoms with Crippen molar-refractivity contribution >= 4 is 55.6 Å². The lowest BCUT2D eigenvalue weighted by Gasteiger charge is -2.08. The Morgan fingerprint density at radius 2 is 1.13 bits per heavy atom. The number of benzene rings is 4. The summed E-state index contributed by atoms with van der Waals surface area (Å²) in [5.41, 5.74) is 6.85. The van der Waals surface area contributed by atoms with Crippen molar-refractivity contribution in [2.45, 2.75) is 32.5 Å². The predicted octanol–water partition coefficient (Wildman–Crippen LogP) is 5.27. The van der Waals surface area contributed by atoms with Crippen LogP contribution in [-0.4, -0.2) is 79.5 Å². The highest BCUT2D eigenvalue weighted by Gasteiger charge is 2.15. The van der Waals surface area contributed by atoms with Gasteiger partial charge in [0.1, 0.15) is 25.7 Å². The van der Waals surface area contributed by atoms with Crippen molar-refractivity contribution < 1.29 is 21.4 Å². The zero-order valence-electron chi connectivity index (χ0n) is 38.0. The second-order valence-electron chi connectivity index (χ2n) is 15.8. The molecule has 0 bridgehead atoms. The first-order chi connectivity index (χ1) is 34.1. The summed E-state index contributed by atoms with van der Waals surface area (Å²) in [5, 5.41) is 11.3. The maximum atomic E-state index is 12.7. The zero-order chi connectivity index (χ0) is 50.2. The molecule has 0 aliphatic rings. The van der Waals surface area contributed by atoms with Crippen molar-refractivity contribution in [1.82, 2.24) is 58.2 Å². The van der Waals surface area contributed by atoms with Gasteiger partial charge in [0, 0.05) is 35.3 Å². The van der Waals surface area contributed by atoms with Crippen molar-refractivity contribution in [2.24, 2.45) is 14.1 Å². The number of nitrogens with one attached hydrogen (secondary N) is 1. The molecular weight excluding hydrogens is 980 g/mol. The molecule has 0 fully saturated rings. The molecule has 0 saturated carbocycles. The molecule has 4 aromatic carbocycles. The third-order valence-corrected chi connectivity index (χ3v) is 11.9. The Labute approximate surface area is 412 Å². The van der Waals surface area contributed by atoms with E-state index < -0.39 is 21.6 Å². The molecule has 0 amide bonds. The van der Waals surface area contributed by atoms with Crippen LogP contribution in [-0.2, 0) is 60.9 Å². The Kier molecular flexibility index (Phi) is 15.1. The van der Waals surface area contributed by atoms with Crippen molar-refractivity contribution in [3.63, 3.8) is 0 Å². The summed E-state index contributed by atoms with van der Waals surface area (Å²) < 4.78 is 43.7. The van der Waals surface area contributed by atoms with E-state index in [4.69, 9.17) is 36.2 Å². The molecule has 0 aliphatic heterocycles. The van der Waals surface area contributed by atoms with Crippen LogP contribution in [0.4, 0.5) is 0 Å². The fourth-order valence-corrected chi connectivity index (χ4v) is 8.06. The van der Waals surface area contributed by atoms with Crippen LogP contribution in [0, 0.1) is 0 Å². The lowest BCUT2D eigenvalue weighted by molar-refractivity contribution is 0.326. The second kappa shape index (κ2) is 21.7. The topological polar surface area (TPSA) is 256 Å². The van der Waals surface area contributed by atoms with Gasteiger partial charge < -0.3 is 18.0 Å². The van der Waals surface area contributed by atoms with Crippen LogP contribution >= 0.6 is 23.2 Å². The number of aryl methyl sites for hydroxylation is 4. The van der Waals surface area contributed by atoms with Gasteiger partial charge in [-0.05, 0) is 59.4 Å². The van der Waals surface area contributed by atoms with Crippen LogP contribution in [0.3, 0.4) is 0 Å². The van der Waals surface area contributed by atoms with E-state index in [0.717, 1.165) is 39.6 Å². The molecule has 21 nitrogen and oxygen atoms in total. The first kappa shape index (κ1) is 49.4. The molecule has 0 atom stereocenters. The van der Waals surface area contributed by atoms with Crippen LogP contribution < -0.4 is 22.6 Å². The quantitative estimate of drug-likeness (QED) is 0.144. The van der Waals surface area contributed by atoms with Crippen molar-refractivity contribution in [3.05, 3.63) is 197 Å². The first-order valence-electron chi connectivity index (χ1n) is 21.5. The largest absolute Gasteiger partial charge is 0.437 e. The highest BCUT2D eigenvalue weighted by Crippen LogP contribution is 2.30. The second-order valence-corrected chi connectivity index (χ2v) is 18.2. The van der Waals surface area contributed by atoms with E-state index >= 15 is 0 Å². The Morgan fingerprint density at radius 3 is 1.62 bits per heavy atom. The summed E-state index contributed by atoms with van der Waals surface area (Å²) in [6.45, 7) is 0.487. The number of rotatable bonds is 13. The predicted molar refractivity (Wildman–Crippen MR) is 264 cm³/mol. The van der Waals surface area contributed by atoms with Gasteiger partial charge in [-0.1, -0.05) is 96.0 Å². The van der Waals surface area contributed by atoms with E-state index in [-0.39, 0.29) is 42.6 Å². The normalized spacial score (nSPS) is 11.3. The molecule has 6 aromatic heterocycles. The number of aromatic nitrogens is 12. The van der Waals surface area contributed by atoms with Gasteiger partial charge in [-0.2, -0.15) is 13.1 Å². The summed E-state index contributed by atoms with van der Waals surface area (Å²) in [6, 6.07) is 31.1. The Bertz CT molecular complexity index is 3840. The maximum absolute atomic E-state index is 12.7. The fraction of sp³-hybridized carbons (Fsp3) is 0.191. The smallest absolute Gasteiger partial charge is 0.390 e. The van der Waals surface area contributed by atoms with Crippen molar-refractivity contribution in [1.29, 1.82) is 0 Å². The van der Waals surface area contributed by atoms with Gasteiger partial charge in [-0.15, -0.1) is 10.2 Å². The van der Waals surface area contributed by atoms with E-state index in [0.29, 0.717) is 51.8 Å². The summed E-state index contributed by atoms with van der Waals surface area (Å²) in [7, 11) is 0.0348. The van der Waals surface area contributed by atoms with Crippen LogP contribution in [0.15, 0.2) is 150 Å². The number of aromatic amines is 1. The molecule has 0 aliphatic carbocycles. The first-order valence-corrected chi connectivity index (χ1v) is 24.0. The average molecular weight is 1020 g/mol. The lowest BCUT2D eigenvalue weighted by Crippen LogP contribution is -2.22. The summed E-state index contributed by atoms with van der Waals surface area (Å²) in [4.78, 5) is 64.2. The van der Waals surface area contributed by atoms with E-state index in [9.17, 15) is 27.6 Å². The molecule has 71 heavy (non-hydrogen) atoms. The minimum absolute atomic E-state index is 0.00566. The molecule has 0 saturated heterocycles. The summed E-state index contributed by atoms with van der Waals surface area (Å²) >= 11 is 12.6. The SMILES string of the molecule is CS(=O)(=O)OCCc1ccc(Cl)c(-c2ccccc2)c1.Cn1cnc2ncn(Cc3n[nH]c(=O)o3)c(=O)c21.Cn1cnc2ncn(Cc3nn(CCc4ccc(Cl)c(-c5ccccc5)c4)c(=O)o3)c(=O)c21.